The van der Waals surface area contributed by atoms with Crippen LogP contribution in [-0.2, 0) is 10.0 Å². The number of amides is 1. The summed E-state index contributed by atoms with van der Waals surface area (Å²) in [5.41, 5.74) is 3.17. The lowest BCUT2D eigenvalue weighted by molar-refractivity contribution is 0.102. The second-order valence-electron chi connectivity index (χ2n) is 7.32. The highest BCUT2D eigenvalue weighted by Gasteiger charge is 2.23. The van der Waals surface area contributed by atoms with Gasteiger partial charge in [0.25, 0.3) is 5.91 Å². The molecule has 8 nitrogen and oxygen atoms in total. The third-order valence-corrected chi connectivity index (χ3v) is 6.83. The summed E-state index contributed by atoms with van der Waals surface area (Å²) in [5, 5.41) is 10.4. The van der Waals surface area contributed by atoms with E-state index in [1.807, 2.05) is 32.0 Å². The first-order valence-electron chi connectivity index (χ1n) is 9.40. The normalized spacial score (nSPS) is 11.8. The van der Waals surface area contributed by atoms with Gasteiger partial charge in [0.05, 0.1) is 4.90 Å². The van der Waals surface area contributed by atoms with Crippen LogP contribution in [0.2, 0.25) is 0 Å². The predicted octanol–water partition coefficient (Wildman–Crippen LogP) is 3.63. The summed E-state index contributed by atoms with van der Waals surface area (Å²) in [6.45, 7) is 7.51. The number of carbonyl (C=O) groups excluding carboxylic acids is 1. The number of nitrogens with zero attached hydrogens (tertiary/aromatic N) is 3. The molecule has 3 rings (SSSR count). The van der Waals surface area contributed by atoms with Gasteiger partial charge in [0.1, 0.15) is 0 Å². The summed E-state index contributed by atoms with van der Waals surface area (Å²) in [6, 6.07) is 11.3. The number of sulfonamides is 1. The van der Waals surface area contributed by atoms with E-state index in [-0.39, 0.29) is 22.5 Å². The zero-order chi connectivity index (χ0) is 22.1. The molecule has 0 atom stereocenters. The van der Waals surface area contributed by atoms with Crippen LogP contribution in [-0.4, -0.2) is 41.9 Å². The fourth-order valence-corrected chi connectivity index (χ4v) is 4.20. The monoisotopic (exact) mass is 428 g/mol. The molecule has 1 heterocycles. The van der Waals surface area contributed by atoms with Crippen LogP contribution in [0.25, 0.3) is 11.5 Å². The molecule has 0 aliphatic carbocycles. The van der Waals surface area contributed by atoms with E-state index >= 15 is 0 Å². The number of anilines is 1. The van der Waals surface area contributed by atoms with Crippen molar-refractivity contribution < 1.29 is 17.6 Å². The molecule has 0 aliphatic heterocycles. The first kappa shape index (κ1) is 21.7. The van der Waals surface area contributed by atoms with E-state index in [1.165, 1.54) is 35.6 Å². The Kier molecular flexibility index (Phi) is 6.04. The third-order valence-electron chi connectivity index (χ3n) is 4.78. The van der Waals surface area contributed by atoms with Crippen molar-refractivity contribution in [2.45, 2.75) is 38.6 Å². The Hall–Kier alpha value is -3.04. The molecule has 2 aromatic carbocycles. The summed E-state index contributed by atoms with van der Waals surface area (Å²) in [7, 11) is -2.10. The SMILES string of the molecule is Cc1ccc(-c2nnc(NC(=O)c3ccc(S(=O)(=O)N(C)C(C)C)cc3)o2)c(C)c1. The van der Waals surface area contributed by atoms with Gasteiger partial charge in [-0.05, 0) is 63.6 Å². The molecule has 3 aromatic rings. The maximum absolute atomic E-state index is 12.5. The van der Waals surface area contributed by atoms with Crippen LogP contribution in [0.1, 0.15) is 35.3 Å². The lowest BCUT2D eigenvalue weighted by Crippen LogP contribution is -2.33. The summed E-state index contributed by atoms with van der Waals surface area (Å²) in [5.74, 6) is -0.173. The maximum Gasteiger partial charge on any atom is 0.322 e. The average molecular weight is 429 g/mol. The molecule has 0 bridgehead atoms. The van der Waals surface area contributed by atoms with Crippen molar-refractivity contribution in [3.05, 3.63) is 59.2 Å². The number of hydrogen-bond acceptors (Lipinski definition) is 6. The molecule has 30 heavy (non-hydrogen) atoms. The van der Waals surface area contributed by atoms with Gasteiger partial charge in [0.15, 0.2) is 0 Å². The number of aromatic nitrogens is 2. The van der Waals surface area contributed by atoms with Crippen LogP contribution in [0, 0.1) is 13.8 Å². The van der Waals surface area contributed by atoms with Gasteiger partial charge in [0, 0.05) is 24.2 Å². The molecule has 0 unspecified atom stereocenters. The standard InChI is InChI=1S/C21H24N4O4S/c1-13(2)25(5)30(27,28)17-9-7-16(8-10-17)19(26)22-21-24-23-20(29-21)18-11-6-14(3)12-15(18)4/h6-13H,1-5H3,(H,22,24,26). The first-order valence-corrected chi connectivity index (χ1v) is 10.8. The summed E-state index contributed by atoms with van der Waals surface area (Å²) < 4.78 is 31.9. The largest absolute Gasteiger partial charge is 0.403 e. The Morgan fingerprint density at radius 3 is 2.33 bits per heavy atom. The molecule has 1 amide bonds. The second-order valence-corrected chi connectivity index (χ2v) is 9.32. The molecule has 0 spiro atoms. The van der Waals surface area contributed by atoms with Gasteiger partial charge in [-0.3, -0.25) is 10.1 Å². The molecular weight excluding hydrogens is 404 g/mol. The minimum Gasteiger partial charge on any atom is -0.403 e. The van der Waals surface area contributed by atoms with Crippen LogP contribution in [0.4, 0.5) is 6.01 Å². The number of benzene rings is 2. The molecule has 9 heteroatoms. The van der Waals surface area contributed by atoms with Crippen molar-refractivity contribution in [1.82, 2.24) is 14.5 Å². The van der Waals surface area contributed by atoms with Gasteiger partial charge in [-0.2, -0.15) is 4.31 Å². The number of rotatable bonds is 6. The molecule has 158 valence electrons. The minimum atomic E-state index is -3.61. The summed E-state index contributed by atoms with van der Waals surface area (Å²) in [4.78, 5) is 12.6. The van der Waals surface area contributed by atoms with Crippen molar-refractivity contribution in [2.24, 2.45) is 0 Å². The van der Waals surface area contributed by atoms with Crippen molar-refractivity contribution in [3.8, 4) is 11.5 Å². The molecule has 0 radical (unpaired) electrons. The number of carbonyl (C=O) groups is 1. The Morgan fingerprint density at radius 2 is 1.73 bits per heavy atom. The third kappa shape index (κ3) is 4.42. The van der Waals surface area contributed by atoms with Gasteiger partial charge in [0.2, 0.25) is 15.9 Å². The van der Waals surface area contributed by atoms with Gasteiger partial charge >= 0.3 is 6.01 Å². The molecular formula is C21H24N4O4S. The zero-order valence-electron chi connectivity index (χ0n) is 17.5. The Labute approximate surface area is 176 Å². The Bertz CT molecular complexity index is 1170. The summed E-state index contributed by atoms with van der Waals surface area (Å²) in [6.07, 6.45) is 0. The van der Waals surface area contributed by atoms with Crippen molar-refractivity contribution >= 4 is 21.9 Å². The van der Waals surface area contributed by atoms with E-state index in [9.17, 15) is 13.2 Å². The average Bonchev–Trinajstić information content (AvgIpc) is 3.15. The van der Waals surface area contributed by atoms with Crippen LogP contribution >= 0.6 is 0 Å². The fourth-order valence-electron chi connectivity index (χ4n) is 2.83. The van der Waals surface area contributed by atoms with Crippen LogP contribution < -0.4 is 5.32 Å². The maximum atomic E-state index is 12.5. The molecule has 1 N–H and O–H groups in total. The lowest BCUT2D eigenvalue weighted by atomic mass is 10.1. The van der Waals surface area contributed by atoms with Crippen LogP contribution in [0.3, 0.4) is 0 Å². The number of nitrogens with one attached hydrogen (secondary N) is 1. The molecule has 1 aromatic heterocycles. The quantitative estimate of drug-likeness (QED) is 0.643. The fraction of sp³-hybridized carbons (Fsp3) is 0.286. The summed E-state index contributed by atoms with van der Waals surface area (Å²) >= 11 is 0. The highest BCUT2D eigenvalue weighted by atomic mass is 32.2. The number of aryl methyl sites for hydroxylation is 2. The minimum absolute atomic E-state index is 0.0359. The van der Waals surface area contributed by atoms with E-state index < -0.39 is 15.9 Å². The smallest absolute Gasteiger partial charge is 0.322 e. The Balaban J connectivity index is 1.75. The lowest BCUT2D eigenvalue weighted by Gasteiger charge is -2.20. The zero-order valence-corrected chi connectivity index (χ0v) is 18.3. The topological polar surface area (TPSA) is 105 Å². The van der Waals surface area contributed by atoms with Gasteiger partial charge < -0.3 is 4.42 Å². The van der Waals surface area contributed by atoms with E-state index in [4.69, 9.17) is 4.42 Å². The van der Waals surface area contributed by atoms with Gasteiger partial charge in [-0.15, -0.1) is 5.10 Å². The van der Waals surface area contributed by atoms with E-state index in [0.29, 0.717) is 5.89 Å². The Morgan fingerprint density at radius 1 is 1.07 bits per heavy atom. The highest BCUT2D eigenvalue weighted by molar-refractivity contribution is 7.89. The second kappa shape index (κ2) is 8.37. The van der Waals surface area contributed by atoms with Gasteiger partial charge in [-0.25, -0.2) is 8.42 Å². The van der Waals surface area contributed by atoms with Crippen molar-refractivity contribution in [3.63, 3.8) is 0 Å². The molecule has 0 aliphatic rings. The van der Waals surface area contributed by atoms with E-state index in [2.05, 4.69) is 15.5 Å². The van der Waals surface area contributed by atoms with E-state index in [1.54, 1.807) is 13.8 Å². The van der Waals surface area contributed by atoms with Crippen LogP contribution in [0.15, 0.2) is 51.8 Å². The molecule has 0 saturated carbocycles. The van der Waals surface area contributed by atoms with Crippen LogP contribution in [0.5, 0.6) is 0 Å². The van der Waals surface area contributed by atoms with Crippen molar-refractivity contribution in [1.29, 1.82) is 0 Å². The van der Waals surface area contributed by atoms with E-state index in [0.717, 1.165) is 16.7 Å². The van der Waals surface area contributed by atoms with Crippen molar-refractivity contribution in [2.75, 3.05) is 12.4 Å². The van der Waals surface area contributed by atoms with Gasteiger partial charge in [-0.1, -0.05) is 22.8 Å². The molecule has 0 fully saturated rings. The number of hydrogen-bond donors (Lipinski definition) is 1. The highest BCUT2D eigenvalue weighted by Crippen LogP contribution is 2.24. The first-order chi connectivity index (χ1) is 14.1. The predicted molar refractivity (Wildman–Crippen MR) is 114 cm³/mol. The molecule has 0 saturated heterocycles.